The lowest BCUT2D eigenvalue weighted by Crippen LogP contribution is -2.48. The minimum Gasteiger partial charge on any atom is -0.497 e. The monoisotopic (exact) mass is 350 g/mol. The highest BCUT2D eigenvalue weighted by molar-refractivity contribution is 5.96. The van der Waals surface area contributed by atoms with Gasteiger partial charge in [-0.15, -0.1) is 0 Å². The number of carbonyl (C=O) groups is 3. The smallest absolute Gasteiger partial charge is 0.311 e. The van der Waals surface area contributed by atoms with Crippen LogP contribution >= 0.6 is 0 Å². The fourth-order valence-electron chi connectivity index (χ4n) is 2.59. The van der Waals surface area contributed by atoms with Gasteiger partial charge in [-0.25, -0.2) is 0 Å². The Morgan fingerprint density at radius 1 is 1.24 bits per heavy atom. The first-order valence-corrected chi connectivity index (χ1v) is 7.97. The van der Waals surface area contributed by atoms with Gasteiger partial charge < -0.3 is 25.2 Å². The van der Waals surface area contributed by atoms with E-state index >= 15 is 0 Å². The van der Waals surface area contributed by atoms with Crippen molar-refractivity contribution in [3.05, 3.63) is 29.8 Å². The van der Waals surface area contributed by atoms with Crippen LogP contribution in [0, 0.1) is 5.41 Å². The van der Waals surface area contributed by atoms with Gasteiger partial charge in [-0.1, -0.05) is 6.07 Å². The summed E-state index contributed by atoms with van der Waals surface area (Å²) in [6.45, 7) is 0.491. The number of aliphatic carboxylic acids is 1. The van der Waals surface area contributed by atoms with Gasteiger partial charge in [-0.05, 0) is 31.0 Å². The van der Waals surface area contributed by atoms with Crippen molar-refractivity contribution in [2.45, 2.75) is 12.8 Å². The molecule has 0 unspecified atom stereocenters. The standard InChI is InChI=1S/C17H22N2O6/c1-24-13-4-2-3-12(9-13)15(21)18-10-14(20)19-11-17(16(22)23)5-7-25-8-6-17/h2-4,9H,5-8,10-11H2,1H3,(H,18,21)(H,19,20)(H,22,23). The lowest BCUT2D eigenvalue weighted by Gasteiger charge is -2.33. The largest absolute Gasteiger partial charge is 0.497 e. The van der Waals surface area contributed by atoms with Crippen molar-refractivity contribution in [1.29, 1.82) is 0 Å². The number of hydrogen-bond acceptors (Lipinski definition) is 5. The topological polar surface area (TPSA) is 114 Å². The van der Waals surface area contributed by atoms with Gasteiger partial charge in [-0.3, -0.25) is 14.4 Å². The molecule has 0 spiro atoms. The Labute approximate surface area is 145 Å². The molecule has 0 saturated carbocycles. The Morgan fingerprint density at radius 2 is 1.96 bits per heavy atom. The van der Waals surface area contributed by atoms with E-state index in [1.807, 2.05) is 0 Å². The first kappa shape index (κ1) is 18.7. The number of carboxylic acids is 1. The first-order valence-electron chi connectivity index (χ1n) is 7.97. The number of benzene rings is 1. The van der Waals surface area contributed by atoms with Crippen molar-refractivity contribution in [3.8, 4) is 5.75 Å². The Morgan fingerprint density at radius 3 is 2.60 bits per heavy atom. The van der Waals surface area contributed by atoms with E-state index < -0.39 is 23.2 Å². The summed E-state index contributed by atoms with van der Waals surface area (Å²) in [5, 5.41) is 14.5. The van der Waals surface area contributed by atoms with Gasteiger partial charge >= 0.3 is 5.97 Å². The van der Waals surface area contributed by atoms with Crippen molar-refractivity contribution in [1.82, 2.24) is 10.6 Å². The van der Waals surface area contributed by atoms with Crippen molar-refractivity contribution >= 4 is 17.8 Å². The van der Waals surface area contributed by atoms with Crippen molar-refractivity contribution in [2.24, 2.45) is 5.41 Å². The van der Waals surface area contributed by atoms with Gasteiger partial charge in [0.1, 0.15) is 5.75 Å². The molecule has 1 heterocycles. The van der Waals surface area contributed by atoms with E-state index in [4.69, 9.17) is 9.47 Å². The highest BCUT2D eigenvalue weighted by atomic mass is 16.5. The van der Waals surface area contributed by atoms with Gasteiger partial charge in [0.2, 0.25) is 5.91 Å². The van der Waals surface area contributed by atoms with E-state index in [0.717, 1.165) is 0 Å². The molecule has 1 saturated heterocycles. The second-order valence-electron chi connectivity index (χ2n) is 5.89. The maximum Gasteiger partial charge on any atom is 0.311 e. The number of nitrogens with one attached hydrogen (secondary N) is 2. The van der Waals surface area contributed by atoms with E-state index in [1.165, 1.54) is 7.11 Å². The van der Waals surface area contributed by atoms with Crippen LogP contribution in [0.1, 0.15) is 23.2 Å². The summed E-state index contributed by atoms with van der Waals surface area (Å²) in [6.07, 6.45) is 0.692. The van der Waals surface area contributed by atoms with Crippen LogP contribution in [0.4, 0.5) is 0 Å². The number of rotatable bonds is 7. The van der Waals surface area contributed by atoms with Gasteiger partial charge in [-0.2, -0.15) is 0 Å². The number of ether oxygens (including phenoxy) is 2. The fraction of sp³-hybridized carbons (Fsp3) is 0.471. The summed E-state index contributed by atoms with van der Waals surface area (Å²) in [7, 11) is 1.50. The molecule has 0 atom stereocenters. The molecule has 0 aliphatic carbocycles. The number of amides is 2. The molecule has 8 nitrogen and oxygen atoms in total. The molecule has 0 aromatic heterocycles. The quantitative estimate of drug-likeness (QED) is 0.657. The SMILES string of the molecule is COc1cccc(C(=O)NCC(=O)NCC2(C(=O)O)CCOCC2)c1. The van der Waals surface area contributed by atoms with Crippen molar-refractivity contribution in [3.63, 3.8) is 0 Å². The van der Waals surface area contributed by atoms with Crippen LogP contribution in [0.15, 0.2) is 24.3 Å². The summed E-state index contributed by atoms with van der Waals surface area (Å²) in [5.74, 6) is -1.26. The lowest BCUT2D eigenvalue weighted by molar-refractivity contribution is -0.154. The molecule has 136 valence electrons. The number of carboxylic acid groups (broad SMARTS) is 1. The summed E-state index contributed by atoms with van der Waals surface area (Å²) in [6, 6.07) is 6.56. The molecule has 0 radical (unpaired) electrons. The average molecular weight is 350 g/mol. The highest BCUT2D eigenvalue weighted by Gasteiger charge is 2.40. The van der Waals surface area contributed by atoms with Gasteiger partial charge in [0.05, 0.1) is 19.1 Å². The minimum absolute atomic E-state index is 0.0134. The summed E-state index contributed by atoms with van der Waals surface area (Å²) in [5.41, 5.74) is -0.636. The molecule has 2 amide bonds. The number of methoxy groups -OCH3 is 1. The van der Waals surface area contributed by atoms with Gasteiger partial charge in [0.25, 0.3) is 5.91 Å². The van der Waals surface area contributed by atoms with E-state index in [9.17, 15) is 19.5 Å². The van der Waals surface area contributed by atoms with Gasteiger partial charge in [0, 0.05) is 25.3 Å². The summed E-state index contributed by atoms with van der Waals surface area (Å²) < 4.78 is 10.2. The van der Waals surface area contributed by atoms with Crippen LogP contribution in [0.2, 0.25) is 0 Å². The Kier molecular flexibility index (Phi) is 6.35. The maximum atomic E-state index is 12.0. The first-order chi connectivity index (χ1) is 12.0. The second kappa shape index (κ2) is 8.48. The molecule has 3 N–H and O–H groups in total. The molecule has 1 aromatic rings. The third kappa shape index (κ3) is 4.93. The number of carbonyl (C=O) groups excluding carboxylic acids is 2. The molecule has 25 heavy (non-hydrogen) atoms. The lowest BCUT2D eigenvalue weighted by atomic mass is 9.80. The van der Waals surface area contributed by atoms with Crippen LogP contribution in [-0.4, -0.2) is 56.3 Å². The van der Waals surface area contributed by atoms with E-state index in [2.05, 4.69) is 10.6 Å². The fourth-order valence-corrected chi connectivity index (χ4v) is 2.59. The van der Waals surface area contributed by atoms with Crippen LogP contribution in [0.25, 0.3) is 0 Å². The van der Waals surface area contributed by atoms with Crippen LogP contribution in [0.5, 0.6) is 5.75 Å². The van der Waals surface area contributed by atoms with Crippen LogP contribution in [-0.2, 0) is 14.3 Å². The Bertz CT molecular complexity index is 640. The molecule has 1 aromatic carbocycles. The normalized spacial score (nSPS) is 15.9. The predicted octanol–water partition coefficient (Wildman–Crippen LogP) is 0.423. The molecule has 0 bridgehead atoms. The van der Waals surface area contributed by atoms with Crippen molar-refractivity contribution < 1.29 is 29.0 Å². The third-order valence-corrected chi connectivity index (χ3v) is 4.27. The third-order valence-electron chi connectivity index (χ3n) is 4.27. The molecule has 1 aliphatic heterocycles. The minimum atomic E-state index is -1.01. The maximum absolute atomic E-state index is 12.0. The number of hydrogen-bond donors (Lipinski definition) is 3. The van der Waals surface area contributed by atoms with Crippen LogP contribution in [0.3, 0.4) is 0 Å². The molecular weight excluding hydrogens is 328 g/mol. The molecular formula is C17H22N2O6. The molecule has 1 aliphatic rings. The zero-order chi connectivity index (χ0) is 18.3. The van der Waals surface area contributed by atoms with E-state index in [-0.39, 0.29) is 13.1 Å². The Balaban J connectivity index is 1.83. The molecule has 1 fully saturated rings. The molecule has 8 heteroatoms. The van der Waals surface area contributed by atoms with Crippen molar-refractivity contribution in [2.75, 3.05) is 33.4 Å². The highest BCUT2D eigenvalue weighted by Crippen LogP contribution is 2.30. The predicted molar refractivity (Wildman–Crippen MR) is 88.5 cm³/mol. The summed E-state index contributed by atoms with van der Waals surface area (Å²) in [4.78, 5) is 35.5. The van der Waals surface area contributed by atoms with E-state index in [0.29, 0.717) is 37.4 Å². The molecule has 2 rings (SSSR count). The second-order valence-corrected chi connectivity index (χ2v) is 5.89. The zero-order valence-corrected chi connectivity index (χ0v) is 14.0. The Hall–Kier alpha value is -2.61. The zero-order valence-electron chi connectivity index (χ0n) is 14.0. The summed E-state index contributed by atoms with van der Waals surface area (Å²) >= 11 is 0. The van der Waals surface area contributed by atoms with Crippen LogP contribution < -0.4 is 15.4 Å². The van der Waals surface area contributed by atoms with Gasteiger partial charge in [0.15, 0.2) is 0 Å². The van der Waals surface area contributed by atoms with E-state index in [1.54, 1.807) is 24.3 Å². The average Bonchev–Trinajstić information content (AvgIpc) is 2.65.